The molecule has 1 aliphatic carbocycles. The molecule has 0 amide bonds. The summed E-state index contributed by atoms with van der Waals surface area (Å²) in [5.74, 6) is 0.261. The normalized spacial score (nSPS) is 14.3. The molecule has 0 saturated heterocycles. The van der Waals surface area contributed by atoms with Gasteiger partial charge in [0, 0.05) is 13.1 Å². The molecule has 2 heterocycles. The van der Waals surface area contributed by atoms with E-state index in [9.17, 15) is 4.79 Å². The molecule has 2 aromatic rings. The molecule has 0 fully saturated rings. The minimum atomic E-state index is -0.114. The van der Waals surface area contributed by atoms with Gasteiger partial charge in [0.2, 0.25) is 5.95 Å². The van der Waals surface area contributed by atoms with Gasteiger partial charge in [-0.2, -0.15) is 11.3 Å². The van der Waals surface area contributed by atoms with Crippen molar-refractivity contribution in [1.29, 1.82) is 0 Å². The Morgan fingerprint density at radius 2 is 2.26 bits per heavy atom. The lowest BCUT2D eigenvalue weighted by atomic mass is 10.0. The van der Waals surface area contributed by atoms with Crippen LogP contribution in [0.1, 0.15) is 24.1 Å². The zero-order chi connectivity index (χ0) is 16.2. The molecule has 0 radical (unpaired) electrons. The van der Waals surface area contributed by atoms with Crippen LogP contribution in [0.15, 0.2) is 57.6 Å². The number of nitrogens with two attached hydrogens (primary N) is 1. The fourth-order valence-corrected chi connectivity index (χ4v) is 3.21. The highest BCUT2D eigenvalue weighted by Gasteiger charge is 2.07. The van der Waals surface area contributed by atoms with Crippen molar-refractivity contribution in [2.75, 3.05) is 5.73 Å². The topological polar surface area (TPSA) is 60.9 Å². The molecule has 2 N–H and O–H groups in total. The largest absolute Gasteiger partial charge is 0.369 e. The average Bonchev–Trinajstić information content (AvgIpc) is 2.96. The second-order valence-corrected chi connectivity index (χ2v) is 6.34. The summed E-state index contributed by atoms with van der Waals surface area (Å²) >= 11 is 1.71. The van der Waals surface area contributed by atoms with Gasteiger partial charge < -0.3 is 5.73 Å². The Morgan fingerprint density at radius 1 is 1.39 bits per heavy atom. The van der Waals surface area contributed by atoms with Crippen LogP contribution in [0, 0.1) is 0 Å². The number of nitrogen functional groups attached to an aromatic ring is 1. The fraction of sp³-hybridized carbons (Fsp3) is 0.222. The van der Waals surface area contributed by atoms with Crippen molar-refractivity contribution < 1.29 is 0 Å². The molecule has 0 aliphatic heterocycles. The molecule has 1 aliphatic rings. The van der Waals surface area contributed by atoms with Gasteiger partial charge in [-0.15, -0.1) is 0 Å². The second-order valence-electron chi connectivity index (χ2n) is 5.56. The summed E-state index contributed by atoms with van der Waals surface area (Å²) in [6.07, 6.45) is 11.1. The van der Waals surface area contributed by atoms with E-state index in [0.29, 0.717) is 6.42 Å². The smallest absolute Gasteiger partial charge is 0.254 e. The molecule has 0 bridgehead atoms. The van der Waals surface area contributed by atoms with Crippen LogP contribution in [-0.2, 0) is 13.5 Å². The summed E-state index contributed by atoms with van der Waals surface area (Å²) in [7, 11) is 1.63. The van der Waals surface area contributed by atoms with E-state index in [-0.39, 0.29) is 11.5 Å². The molecule has 2 aromatic heterocycles. The number of allylic oxidation sites excluding steroid dienone is 6. The van der Waals surface area contributed by atoms with Gasteiger partial charge in [-0.3, -0.25) is 9.36 Å². The number of rotatable bonds is 4. The Kier molecular flexibility index (Phi) is 4.57. The zero-order valence-corrected chi connectivity index (χ0v) is 13.8. The van der Waals surface area contributed by atoms with Gasteiger partial charge in [-0.25, -0.2) is 4.98 Å². The number of anilines is 1. The van der Waals surface area contributed by atoms with Gasteiger partial charge in [0.05, 0.1) is 5.69 Å². The predicted octanol–water partition coefficient (Wildman–Crippen LogP) is 3.33. The van der Waals surface area contributed by atoms with E-state index in [1.165, 1.54) is 21.3 Å². The Balaban J connectivity index is 1.77. The van der Waals surface area contributed by atoms with Crippen LogP contribution in [0.4, 0.5) is 5.95 Å². The molecular weight excluding hydrogens is 306 g/mol. The first-order valence-electron chi connectivity index (χ1n) is 7.55. The van der Waals surface area contributed by atoms with Crippen LogP contribution >= 0.6 is 11.3 Å². The molecule has 3 rings (SSSR count). The third kappa shape index (κ3) is 3.68. The molecule has 118 valence electrons. The van der Waals surface area contributed by atoms with E-state index < -0.39 is 0 Å². The molecule has 0 unspecified atom stereocenters. The summed E-state index contributed by atoms with van der Waals surface area (Å²) < 4.78 is 1.35. The van der Waals surface area contributed by atoms with Crippen LogP contribution in [-0.4, -0.2) is 9.55 Å². The van der Waals surface area contributed by atoms with E-state index in [0.717, 1.165) is 18.5 Å². The van der Waals surface area contributed by atoms with Crippen LogP contribution in [0.2, 0.25) is 0 Å². The molecule has 0 saturated carbocycles. The average molecular weight is 325 g/mol. The zero-order valence-electron chi connectivity index (χ0n) is 13.0. The van der Waals surface area contributed by atoms with Gasteiger partial charge in [0.1, 0.15) is 0 Å². The Morgan fingerprint density at radius 3 is 3.00 bits per heavy atom. The molecule has 5 heteroatoms. The predicted molar refractivity (Wildman–Crippen MR) is 96.3 cm³/mol. The fourth-order valence-electron chi connectivity index (χ4n) is 2.53. The van der Waals surface area contributed by atoms with Crippen LogP contribution in [0.3, 0.4) is 0 Å². The molecule has 0 aromatic carbocycles. The van der Waals surface area contributed by atoms with E-state index in [2.05, 4.69) is 46.1 Å². The van der Waals surface area contributed by atoms with E-state index in [1.54, 1.807) is 24.5 Å². The Labute approximate surface area is 139 Å². The monoisotopic (exact) mass is 325 g/mol. The standard InChI is InChI=1S/C18H19N3OS/c1-21-17(22)11-16(20-18(21)19)7-6-13-4-2-3-5-14(10-13)15-8-9-23-12-15/h2-4,8-12H,5-7H2,1H3,(H2,19,20). The quantitative estimate of drug-likeness (QED) is 0.938. The lowest BCUT2D eigenvalue weighted by Crippen LogP contribution is -2.21. The lowest BCUT2D eigenvalue weighted by molar-refractivity contribution is 0.807. The van der Waals surface area contributed by atoms with Crippen molar-refractivity contribution in [3.05, 3.63) is 74.4 Å². The minimum absolute atomic E-state index is 0.114. The number of aryl methyl sites for hydroxylation is 1. The highest BCUT2D eigenvalue weighted by Crippen LogP contribution is 2.26. The summed E-state index contributed by atoms with van der Waals surface area (Å²) in [6, 6.07) is 3.71. The molecular formula is C18H19N3OS. The molecule has 0 spiro atoms. The van der Waals surface area contributed by atoms with Gasteiger partial charge in [-0.1, -0.05) is 24.3 Å². The third-order valence-electron chi connectivity index (χ3n) is 3.93. The van der Waals surface area contributed by atoms with Crippen molar-refractivity contribution in [2.24, 2.45) is 7.05 Å². The summed E-state index contributed by atoms with van der Waals surface area (Å²) in [5.41, 5.74) is 10.2. The number of hydrogen-bond acceptors (Lipinski definition) is 4. The summed E-state index contributed by atoms with van der Waals surface area (Å²) in [5, 5.41) is 4.27. The van der Waals surface area contributed by atoms with Crippen LogP contribution < -0.4 is 11.3 Å². The van der Waals surface area contributed by atoms with Crippen molar-refractivity contribution in [3.8, 4) is 0 Å². The molecule has 0 atom stereocenters. The number of aromatic nitrogens is 2. The maximum atomic E-state index is 11.8. The van der Waals surface area contributed by atoms with Crippen molar-refractivity contribution >= 4 is 22.9 Å². The first kappa shape index (κ1) is 15.5. The summed E-state index contributed by atoms with van der Waals surface area (Å²) in [6.45, 7) is 0. The van der Waals surface area contributed by atoms with Crippen molar-refractivity contribution in [3.63, 3.8) is 0 Å². The Bertz CT molecular complexity index is 842. The lowest BCUT2D eigenvalue weighted by Gasteiger charge is -2.07. The first-order chi connectivity index (χ1) is 11.1. The molecule has 4 nitrogen and oxygen atoms in total. The third-order valence-corrected chi connectivity index (χ3v) is 4.61. The maximum absolute atomic E-state index is 11.8. The number of nitrogens with zero attached hydrogens (tertiary/aromatic N) is 2. The van der Waals surface area contributed by atoms with Crippen LogP contribution in [0.5, 0.6) is 0 Å². The second kappa shape index (κ2) is 6.79. The summed E-state index contributed by atoms with van der Waals surface area (Å²) in [4.78, 5) is 16.1. The highest BCUT2D eigenvalue weighted by atomic mass is 32.1. The Hall–Kier alpha value is -2.40. The van der Waals surface area contributed by atoms with E-state index in [1.807, 2.05) is 0 Å². The number of hydrogen-bond donors (Lipinski definition) is 1. The van der Waals surface area contributed by atoms with Crippen LogP contribution in [0.25, 0.3) is 5.57 Å². The molecule has 23 heavy (non-hydrogen) atoms. The highest BCUT2D eigenvalue weighted by molar-refractivity contribution is 7.08. The van der Waals surface area contributed by atoms with Gasteiger partial charge in [0.15, 0.2) is 0 Å². The SMILES string of the molecule is Cn1c(N)nc(CCC2=CC=CCC(c3ccsc3)=C2)cc1=O. The van der Waals surface area contributed by atoms with Crippen molar-refractivity contribution in [2.45, 2.75) is 19.3 Å². The van der Waals surface area contributed by atoms with Gasteiger partial charge >= 0.3 is 0 Å². The maximum Gasteiger partial charge on any atom is 0.254 e. The van der Waals surface area contributed by atoms with Gasteiger partial charge in [0.25, 0.3) is 5.56 Å². The van der Waals surface area contributed by atoms with E-state index >= 15 is 0 Å². The number of thiophene rings is 1. The van der Waals surface area contributed by atoms with E-state index in [4.69, 9.17) is 5.73 Å². The first-order valence-corrected chi connectivity index (χ1v) is 8.49. The van der Waals surface area contributed by atoms with Crippen molar-refractivity contribution in [1.82, 2.24) is 9.55 Å². The minimum Gasteiger partial charge on any atom is -0.369 e. The van der Waals surface area contributed by atoms with Gasteiger partial charge in [-0.05, 0) is 52.8 Å².